The number of hydrogen-bond acceptors (Lipinski definition) is 7. The van der Waals surface area contributed by atoms with Gasteiger partial charge in [-0.05, 0) is 0 Å². The van der Waals surface area contributed by atoms with E-state index in [-0.39, 0.29) is 12.2 Å². The molecule has 1 aliphatic heterocycles. The summed E-state index contributed by atoms with van der Waals surface area (Å²) in [5.74, 6) is -0.472. The Kier molecular flexibility index (Phi) is 5.19. The lowest BCUT2D eigenvalue weighted by molar-refractivity contribution is -0.394. The molecule has 0 aliphatic carbocycles. The van der Waals surface area contributed by atoms with E-state index in [1.165, 1.54) is 4.90 Å². The molecule has 0 radical (unpaired) electrons. The van der Waals surface area contributed by atoms with E-state index in [9.17, 15) is 25.0 Å². The minimum Gasteiger partial charge on any atom is -0.395 e. The number of carbonyl (C=O) groups is 1. The molecule has 0 spiro atoms. The van der Waals surface area contributed by atoms with E-state index in [4.69, 9.17) is 5.11 Å². The number of nitro groups is 2. The summed E-state index contributed by atoms with van der Waals surface area (Å²) >= 11 is 0. The zero-order valence-corrected chi connectivity index (χ0v) is 12.3. The summed E-state index contributed by atoms with van der Waals surface area (Å²) in [6.07, 6.45) is 0. The number of nitro benzene ring substituents is 2. The van der Waals surface area contributed by atoms with Crippen LogP contribution in [0.2, 0.25) is 0 Å². The Morgan fingerprint density at radius 3 is 2.00 bits per heavy atom. The number of carbonyl (C=O) groups excluding carboxylic acids is 1. The first-order valence-electron chi connectivity index (χ1n) is 6.98. The van der Waals surface area contributed by atoms with Crippen LogP contribution in [0.15, 0.2) is 18.2 Å². The van der Waals surface area contributed by atoms with E-state index in [1.54, 1.807) is 0 Å². The van der Waals surface area contributed by atoms with Crippen molar-refractivity contribution in [2.45, 2.75) is 0 Å². The second-order valence-electron chi connectivity index (χ2n) is 5.11. The number of β-amino-alcohol motifs (C(OH)–C–C–N with tert-alkyl or cyclic N) is 1. The minimum atomic E-state index is -0.761. The van der Waals surface area contributed by atoms with Gasteiger partial charge >= 0.3 is 0 Å². The summed E-state index contributed by atoms with van der Waals surface area (Å²) in [6, 6.07) is 2.93. The van der Waals surface area contributed by atoms with Gasteiger partial charge in [-0.25, -0.2) is 0 Å². The second-order valence-corrected chi connectivity index (χ2v) is 5.11. The molecule has 0 atom stereocenters. The number of benzene rings is 1. The summed E-state index contributed by atoms with van der Waals surface area (Å²) in [4.78, 5) is 36.1. The molecule has 0 unspecified atom stereocenters. The molecule has 1 N–H and O–H groups in total. The smallest absolute Gasteiger partial charge is 0.277 e. The van der Waals surface area contributed by atoms with Gasteiger partial charge in [0.25, 0.3) is 17.3 Å². The highest BCUT2D eigenvalue weighted by atomic mass is 16.6. The lowest BCUT2D eigenvalue weighted by Crippen LogP contribution is -2.49. The highest BCUT2D eigenvalue weighted by Crippen LogP contribution is 2.24. The Balaban J connectivity index is 2.19. The van der Waals surface area contributed by atoms with Crippen LogP contribution in [0.3, 0.4) is 0 Å². The van der Waals surface area contributed by atoms with Gasteiger partial charge in [0.1, 0.15) is 0 Å². The maximum atomic E-state index is 12.4. The molecule has 0 aromatic heterocycles. The van der Waals surface area contributed by atoms with Gasteiger partial charge in [0.05, 0.1) is 28.1 Å². The third-order valence-corrected chi connectivity index (χ3v) is 3.65. The molecule has 23 heavy (non-hydrogen) atoms. The van der Waals surface area contributed by atoms with Gasteiger partial charge in [-0.1, -0.05) is 0 Å². The average Bonchev–Trinajstić information content (AvgIpc) is 2.54. The maximum Gasteiger partial charge on any atom is 0.277 e. The zero-order valence-electron chi connectivity index (χ0n) is 12.3. The van der Waals surface area contributed by atoms with Crippen molar-refractivity contribution in [1.29, 1.82) is 0 Å². The third kappa shape index (κ3) is 3.99. The fraction of sp³-hybridized carbons (Fsp3) is 0.462. The third-order valence-electron chi connectivity index (χ3n) is 3.65. The quantitative estimate of drug-likeness (QED) is 0.607. The van der Waals surface area contributed by atoms with Gasteiger partial charge in [0, 0.05) is 44.9 Å². The van der Waals surface area contributed by atoms with Crippen LogP contribution in [0.1, 0.15) is 10.4 Å². The highest BCUT2D eigenvalue weighted by Gasteiger charge is 2.25. The first-order valence-corrected chi connectivity index (χ1v) is 6.98. The van der Waals surface area contributed by atoms with E-state index >= 15 is 0 Å². The highest BCUT2D eigenvalue weighted by molar-refractivity contribution is 5.95. The van der Waals surface area contributed by atoms with E-state index in [2.05, 4.69) is 0 Å². The number of rotatable bonds is 5. The molecule has 1 amide bonds. The molecular weight excluding hydrogens is 308 g/mol. The molecule has 2 rings (SSSR count). The molecule has 1 aromatic carbocycles. The molecular formula is C13H16N4O6. The minimum absolute atomic E-state index is 0.0328. The molecule has 1 heterocycles. The van der Waals surface area contributed by atoms with Crippen LogP contribution in [0.25, 0.3) is 0 Å². The van der Waals surface area contributed by atoms with Crippen molar-refractivity contribution < 1.29 is 19.7 Å². The second kappa shape index (κ2) is 7.11. The maximum absolute atomic E-state index is 12.4. The van der Waals surface area contributed by atoms with Crippen LogP contribution < -0.4 is 0 Å². The fourth-order valence-corrected chi connectivity index (χ4v) is 2.43. The number of nitrogens with zero attached hydrogens (tertiary/aromatic N) is 4. The van der Waals surface area contributed by atoms with E-state index < -0.39 is 27.1 Å². The number of aliphatic hydroxyl groups is 1. The Labute approximate surface area is 131 Å². The van der Waals surface area contributed by atoms with E-state index in [0.717, 1.165) is 18.2 Å². The molecule has 1 saturated heterocycles. The number of non-ortho nitro benzene ring substituents is 2. The predicted octanol–water partition coefficient (Wildman–Crippen LogP) is 0.253. The first kappa shape index (κ1) is 16.8. The van der Waals surface area contributed by atoms with Crippen molar-refractivity contribution in [3.05, 3.63) is 44.0 Å². The van der Waals surface area contributed by atoms with Crippen molar-refractivity contribution in [2.24, 2.45) is 0 Å². The Morgan fingerprint density at radius 2 is 1.57 bits per heavy atom. The number of piperazine rings is 1. The van der Waals surface area contributed by atoms with Crippen LogP contribution in [0.4, 0.5) is 11.4 Å². The molecule has 124 valence electrons. The summed E-state index contributed by atoms with van der Waals surface area (Å²) in [5.41, 5.74) is -1.04. The van der Waals surface area contributed by atoms with E-state index in [1.807, 2.05) is 4.90 Å². The van der Waals surface area contributed by atoms with Gasteiger partial charge < -0.3 is 10.0 Å². The Bertz CT molecular complexity index is 595. The summed E-state index contributed by atoms with van der Waals surface area (Å²) < 4.78 is 0. The van der Waals surface area contributed by atoms with Crippen molar-refractivity contribution in [1.82, 2.24) is 9.80 Å². The van der Waals surface area contributed by atoms with Gasteiger partial charge in [-0.2, -0.15) is 0 Å². The SMILES string of the molecule is O=C(c1cc([N+](=O)[O-])cc([N+](=O)[O-])c1)N1CCN(CCO)CC1. The molecule has 10 heteroatoms. The molecule has 1 aliphatic rings. The lowest BCUT2D eigenvalue weighted by Gasteiger charge is -2.34. The predicted molar refractivity (Wildman–Crippen MR) is 79.2 cm³/mol. The van der Waals surface area contributed by atoms with Gasteiger partial charge in [-0.15, -0.1) is 0 Å². The van der Waals surface area contributed by atoms with Crippen LogP contribution in [-0.2, 0) is 0 Å². The largest absolute Gasteiger partial charge is 0.395 e. The first-order chi connectivity index (χ1) is 10.9. The molecule has 1 aromatic rings. The van der Waals surface area contributed by atoms with Crippen LogP contribution >= 0.6 is 0 Å². The Morgan fingerprint density at radius 1 is 1.04 bits per heavy atom. The number of aliphatic hydroxyl groups excluding tert-OH is 1. The molecule has 0 saturated carbocycles. The van der Waals surface area contributed by atoms with Crippen LogP contribution in [0, 0.1) is 20.2 Å². The summed E-state index contributed by atoms with van der Waals surface area (Å²) in [7, 11) is 0. The van der Waals surface area contributed by atoms with Crippen LogP contribution in [-0.4, -0.2) is 70.0 Å². The van der Waals surface area contributed by atoms with Gasteiger partial charge in [-0.3, -0.25) is 29.9 Å². The zero-order chi connectivity index (χ0) is 17.0. The standard InChI is InChI=1S/C13H16N4O6/c18-6-5-14-1-3-15(4-2-14)13(19)10-7-11(16(20)21)9-12(8-10)17(22)23/h7-9,18H,1-6H2. The Hall–Kier alpha value is -2.59. The van der Waals surface area contributed by atoms with Crippen molar-refractivity contribution >= 4 is 17.3 Å². The number of hydrogen-bond donors (Lipinski definition) is 1. The molecule has 10 nitrogen and oxygen atoms in total. The topological polar surface area (TPSA) is 130 Å². The molecule has 0 bridgehead atoms. The van der Waals surface area contributed by atoms with Crippen LogP contribution in [0.5, 0.6) is 0 Å². The normalized spacial score (nSPS) is 15.4. The van der Waals surface area contributed by atoms with Crippen molar-refractivity contribution in [3.8, 4) is 0 Å². The van der Waals surface area contributed by atoms with E-state index in [0.29, 0.717) is 32.7 Å². The fourth-order valence-electron chi connectivity index (χ4n) is 2.43. The van der Waals surface area contributed by atoms with Crippen molar-refractivity contribution in [2.75, 3.05) is 39.3 Å². The average molecular weight is 324 g/mol. The lowest BCUT2D eigenvalue weighted by atomic mass is 10.1. The monoisotopic (exact) mass is 324 g/mol. The molecule has 1 fully saturated rings. The van der Waals surface area contributed by atoms with Gasteiger partial charge in [0.15, 0.2) is 0 Å². The summed E-state index contributed by atoms with van der Waals surface area (Å²) in [6.45, 7) is 2.49. The van der Waals surface area contributed by atoms with Crippen molar-refractivity contribution in [3.63, 3.8) is 0 Å². The summed E-state index contributed by atoms with van der Waals surface area (Å²) in [5, 5.41) is 30.6. The van der Waals surface area contributed by atoms with Gasteiger partial charge in [0.2, 0.25) is 0 Å². The number of amides is 1.